The number of halogens is 1. The van der Waals surface area contributed by atoms with E-state index in [4.69, 9.17) is 26.8 Å². The van der Waals surface area contributed by atoms with Gasteiger partial charge in [-0.25, -0.2) is 0 Å². The lowest BCUT2D eigenvalue weighted by molar-refractivity contribution is -0.167. The predicted octanol–water partition coefficient (Wildman–Crippen LogP) is 1.31. The minimum atomic E-state index is -1.02. The Hall–Kier alpha value is -1.26. The van der Waals surface area contributed by atoms with Gasteiger partial charge in [-0.05, 0) is 18.2 Å². The van der Waals surface area contributed by atoms with E-state index in [1.165, 1.54) is 18.9 Å². The zero-order valence-electron chi connectivity index (χ0n) is 14.0. The highest BCUT2D eigenvalue weighted by Gasteiger charge is 2.44. The molecule has 7 nitrogen and oxygen atoms in total. The van der Waals surface area contributed by atoms with E-state index in [1.807, 2.05) is 18.2 Å². The van der Waals surface area contributed by atoms with Gasteiger partial charge in [0.25, 0.3) is 0 Å². The zero-order chi connectivity index (χ0) is 18.7. The number of hydrogen-bond acceptors (Lipinski definition) is 8. The molecule has 2 aromatic rings. The van der Waals surface area contributed by atoms with Crippen LogP contribution < -0.4 is 5.73 Å². The SMILES string of the molecule is COC1C(Sc2cc(Cl)cnc2-c2ccccn2)OC(CO)C(O)C1N. The summed E-state index contributed by atoms with van der Waals surface area (Å²) in [6.45, 7) is -0.344. The third kappa shape index (κ3) is 4.01. The number of aliphatic hydroxyl groups excluding tert-OH is 2. The number of aromatic nitrogens is 2. The summed E-state index contributed by atoms with van der Waals surface area (Å²) < 4.78 is 11.3. The van der Waals surface area contributed by atoms with E-state index in [1.54, 1.807) is 18.5 Å². The molecule has 1 fully saturated rings. The van der Waals surface area contributed by atoms with E-state index in [0.717, 1.165) is 4.90 Å². The molecule has 0 aromatic carbocycles. The maximum absolute atomic E-state index is 10.2. The van der Waals surface area contributed by atoms with Crippen LogP contribution in [-0.4, -0.2) is 63.7 Å². The third-order valence-electron chi connectivity index (χ3n) is 4.15. The Kier molecular flexibility index (Phi) is 6.46. The van der Waals surface area contributed by atoms with E-state index >= 15 is 0 Å². The molecule has 1 aliphatic heterocycles. The highest BCUT2D eigenvalue weighted by atomic mass is 35.5. The quantitative estimate of drug-likeness (QED) is 0.692. The van der Waals surface area contributed by atoms with Crippen molar-refractivity contribution in [1.82, 2.24) is 9.97 Å². The lowest BCUT2D eigenvalue weighted by Crippen LogP contribution is -2.61. The molecule has 0 aliphatic carbocycles. The maximum atomic E-state index is 10.2. The van der Waals surface area contributed by atoms with Crippen molar-refractivity contribution in [1.29, 1.82) is 0 Å². The van der Waals surface area contributed by atoms with E-state index in [2.05, 4.69) is 9.97 Å². The van der Waals surface area contributed by atoms with Gasteiger partial charge in [-0.1, -0.05) is 29.4 Å². The summed E-state index contributed by atoms with van der Waals surface area (Å²) in [5.41, 5.74) is 6.88. The fourth-order valence-corrected chi connectivity index (χ4v) is 4.36. The fraction of sp³-hybridized carbons (Fsp3) is 0.412. The Bertz CT molecular complexity index is 739. The van der Waals surface area contributed by atoms with E-state index in [0.29, 0.717) is 16.4 Å². The molecule has 3 rings (SSSR count). The van der Waals surface area contributed by atoms with Crippen LogP contribution in [0.5, 0.6) is 0 Å². The first-order valence-electron chi connectivity index (χ1n) is 8.01. The third-order valence-corrected chi connectivity index (χ3v) is 5.54. The molecule has 26 heavy (non-hydrogen) atoms. The second-order valence-corrected chi connectivity index (χ2v) is 7.40. The molecule has 5 atom stereocenters. The van der Waals surface area contributed by atoms with Gasteiger partial charge in [0.2, 0.25) is 0 Å². The molecular formula is C17H20ClN3O4S. The number of nitrogens with two attached hydrogens (primary N) is 1. The standard InChI is InChI=1S/C17H20ClN3O4S/c1-24-16-13(19)15(23)11(8-22)25-17(16)26-12-6-9(18)7-21-14(12)10-4-2-3-5-20-10/h2-7,11,13,15-17,22-23H,8,19H2,1H3. The summed E-state index contributed by atoms with van der Waals surface area (Å²) in [7, 11) is 1.50. The molecule has 5 unspecified atom stereocenters. The molecule has 0 saturated carbocycles. The van der Waals surface area contributed by atoms with E-state index in [9.17, 15) is 10.2 Å². The first kappa shape index (κ1) is 19.5. The van der Waals surface area contributed by atoms with Gasteiger partial charge in [0.05, 0.1) is 23.4 Å². The Morgan fingerprint density at radius 2 is 2.19 bits per heavy atom. The maximum Gasteiger partial charge on any atom is 0.136 e. The first-order valence-corrected chi connectivity index (χ1v) is 9.27. The van der Waals surface area contributed by atoms with Gasteiger partial charge in [-0.15, -0.1) is 0 Å². The summed E-state index contributed by atoms with van der Waals surface area (Å²) in [5, 5.41) is 20.1. The normalized spacial score (nSPS) is 28.9. The zero-order valence-corrected chi connectivity index (χ0v) is 15.6. The van der Waals surface area contributed by atoms with E-state index in [-0.39, 0.29) is 6.61 Å². The van der Waals surface area contributed by atoms with Gasteiger partial charge < -0.3 is 25.4 Å². The molecule has 0 radical (unpaired) electrons. The number of rotatable bonds is 5. The van der Waals surface area contributed by atoms with Gasteiger partial charge in [0, 0.05) is 24.4 Å². The number of aliphatic hydroxyl groups is 2. The Balaban J connectivity index is 1.93. The van der Waals surface area contributed by atoms with Crippen LogP contribution in [0, 0.1) is 0 Å². The van der Waals surface area contributed by atoms with Crippen LogP contribution in [0.25, 0.3) is 11.4 Å². The number of thioether (sulfide) groups is 1. The smallest absolute Gasteiger partial charge is 0.136 e. The fourth-order valence-electron chi connectivity index (χ4n) is 2.80. The molecular weight excluding hydrogens is 378 g/mol. The minimum Gasteiger partial charge on any atom is -0.394 e. The van der Waals surface area contributed by atoms with Gasteiger partial charge in [-0.3, -0.25) is 9.97 Å². The van der Waals surface area contributed by atoms with Crippen molar-refractivity contribution < 1.29 is 19.7 Å². The largest absolute Gasteiger partial charge is 0.394 e. The lowest BCUT2D eigenvalue weighted by Gasteiger charge is -2.42. The van der Waals surface area contributed by atoms with Crippen LogP contribution in [0.3, 0.4) is 0 Å². The molecule has 3 heterocycles. The number of hydrogen-bond donors (Lipinski definition) is 3. The summed E-state index contributed by atoms with van der Waals surface area (Å²) in [6, 6.07) is 6.61. The second kappa shape index (κ2) is 8.62. The van der Waals surface area contributed by atoms with Crippen LogP contribution >= 0.6 is 23.4 Å². The first-order chi connectivity index (χ1) is 12.5. The molecule has 140 valence electrons. The van der Waals surface area contributed by atoms with Crippen LogP contribution in [0.4, 0.5) is 0 Å². The van der Waals surface area contributed by atoms with Gasteiger partial charge in [0.15, 0.2) is 0 Å². The van der Waals surface area contributed by atoms with Crippen LogP contribution in [0.1, 0.15) is 0 Å². The molecule has 0 amide bonds. The number of methoxy groups -OCH3 is 1. The average Bonchev–Trinajstić information content (AvgIpc) is 2.65. The predicted molar refractivity (Wildman–Crippen MR) is 98.9 cm³/mol. The van der Waals surface area contributed by atoms with Crippen molar-refractivity contribution in [2.75, 3.05) is 13.7 Å². The molecule has 1 saturated heterocycles. The summed E-state index contributed by atoms with van der Waals surface area (Å²) in [6.07, 6.45) is 0.850. The molecule has 0 spiro atoms. The molecule has 2 aromatic heterocycles. The second-order valence-electron chi connectivity index (χ2n) is 5.83. The van der Waals surface area contributed by atoms with Crippen molar-refractivity contribution in [2.45, 2.75) is 34.7 Å². The number of ether oxygens (including phenoxy) is 2. The molecule has 9 heteroatoms. The van der Waals surface area contributed by atoms with Crippen molar-refractivity contribution in [2.24, 2.45) is 5.73 Å². The lowest BCUT2D eigenvalue weighted by atomic mass is 9.98. The monoisotopic (exact) mass is 397 g/mol. The van der Waals surface area contributed by atoms with Crippen molar-refractivity contribution >= 4 is 23.4 Å². The highest BCUT2D eigenvalue weighted by Crippen LogP contribution is 2.38. The highest BCUT2D eigenvalue weighted by molar-refractivity contribution is 8.00. The van der Waals surface area contributed by atoms with Crippen molar-refractivity contribution in [3.8, 4) is 11.4 Å². The molecule has 0 bridgehead atoms. The van der Waals surface area contributed by atoms with Crippen molar-refractivity contribution in [3.63, 3.8) is 0 Å². The van der Waals surface area contributed by atoms with Crippen molar-refractivity contribution in [3.05, 3.63) is 41.7 Å². The number of nitrogens with zero attached hydrogens (tertiary/aromatic N) is 2. The van der Waals surface area contributed by atoms with Gasteiger partial charge in [0.1, 0.15) is 29.4 Å². The Morgan fingerprint density at radius 1 is 1.38 bits per heavy atom. The number of pyridine rings is 2. The summed E-state index contributed by atoms with van der Waals surface area (Å²) >= 11 is 7.45. The average molecular weight is 398 g/mol. The van der Waals surface area contributed by atoms with Gasteiger partial charge >= 0.3 is 0 Å². The summed E-state index contributed by atoms with van der Waals surface area (Å²) in [4.78, 5) is 9.47. The summed E-state index contributed by atoms with van der Waals surface area (Å²) in [5.74, 6) is 0. The Morgan fingerprint density at radius 3 is 2.85 bits per heavy atom. The van der Waals surface area contributed by atoms with Crippen LogP contribution in [0.15, 0.2) is 41.6 Å². The van der Waals surface area contributed by atoms with Gasteiger partial charge in [-0.2, -0.15) is 0 Å². The minimum absolute atomic E-state index is 0.344. The topological polar surface area (TPSA) is 111 Å². The molecule has 4 N–H and O–H groups in total. The van der Waals surface area contributed by atoms with E-state index < -0.39 is 29.8 Å². The molecule has 1 aliphatic rings. The van der Waals surface area contributed by atoms with Crippen LogP contribution in [0.2, 0.25) is 5.02 Å². The Labute approximate surface area is 160 Å². The van der Waals surface area contributed by atoms with Crippen LogP contribution in [-0.2, 0) is 9.47 Å².